The lowest BCUT2D eigenvalue weighted by Crippen LogP contribution is -1.87. The van der Waals surface area contributed by atoms with Crippen LogP contribution in [0.4, 0.5) is 0 Å². The Balaban J connectivity index is 2.68. The Labute approximate surface area is 51.4 Å². The molecule has 0 aromatic rings. The van der Waals surface area contributed by atoms with Crippen molar-refractivity contribution in [1.82, 2.24) is 0 Å². The van der Waals surface area contributed by atoms with E-state index in [0.29, 0.717) is 7.12 Å². The standard InChI is InChI=1S/C5H14BS/c1-5(2)3-4-7-6/h5H,3-4H2,1-2,6H3/q-1. The molecule has 0 aromatic heterocycles. The minimum absolute atomic E-state index is 0.636. The van der Waals surface area contributed by atoms with Gasteiger partial charge in [-0.3, -0.25) is 0 Å². The summed E-state index contributed by atoms with van der Waals surface area (Å²) < 4.78 is 0. The molecule has 0 unspecified atom stereocenters. The van der Waals surface area contributed by atoms with Crippen molar-refractivity contribution in [2.45, 2.75) is 20.3 Å². The first kappa shape index (κ1) is 7.41. The molecule has 0 radical (unpaired) electrons. The average molecular weight is 117 g/mol. The van der Waals surface area contributed by atoms with Gasteiger partial charge in [0, 0.05) is 7.12 Å². The molecule has 0 saturated carbocycles. The Bertz CT molecular complexity index is 37.1. The molecule has 44 valence electrons. The Morgan fingerprint density at radius 2 is 2.14 bits per heavy atom. The van der Waals surface area contributed by atoms with Gasteiger partial charge in [-0.05, 0) is 18.1 Å². The molecule has 0 bridgehead atoms. The smallest absolute Gasteiger partial charge is 0.00764 e. The predicted molar refractivity (Wildman–Crippen MR) is 41.9 cm³/mol. The second kappa shape index (κ2) is 4.57. The zero-order chi connectivity index (χ0) is 5.70. The largest absolute Gasteiger partial charge is 0.387 e. The van der Waals surface area contributed by atoms with Crippen LogP contribution in [0.2, 0.25) is 0 Å². The first-order valence-electron chi connectivity index (χ1n) is 2.35. The molecule has 0 saturated heterocycles. The van der Waals surface area contributed by atoms with Crippen LogP contribution in [0.25, 0.3) is 0 Å². The maximum atomic E-state index is 2.29. The third kappa shape index (κ3) is 6.41. The van der Waals surface area contributed by atoms with Crippen LogP contribution >= 0.6 is 11.6 Å². The van der Waals surface area contributed by atoms with Crippen molar-refractivity contribution in [3.63, 3.8) is 0 Å². The topological polar surface area (TPSA) is 0 Å². The van der Waals surface area contributed by atoms with Gasteiger partial charge >= 0.3 is 0 Å². The van der Waals surface area contributed by atoms with Gasteiger partial charge in [-0.2, -0.15) is 0 Å². The molecule has 0 aliphatic rings. The summed E-state index contributed by atoms with van der Waals surface area (Å²) >= 11 is 2.18. The summed E-state index contributed by atoms with van der Waals surface area (Å²) in [6, 6.07) is 0. The van der Waals surface area contributed by atoms with Crippen molar-refractivity contribution < 1.29 is 0 Å². The molecule has 0 fully saturated rings. The molecule has 2 heteroatoms. The van der Waals surface area contributed by atoms with Gasteiger partial charge in [-0.15, -0.1) is 0 Å². The van der Waals surface area contributed by atoms with Gasteiger partial charge in [0.1, 0.15) is 0 Å². The normalized spacial score (nSPS) is 10.3. The second-order valence-corrected chi connectivity index (χ2v) is 2.29. The van der Waals surface area contributed by atoms with E-state index in [2.05, 4.69) is 25.5 Å². The summed E-state index contributed by atoms with van der Waals surface area (Å²) in [5.74, 6) is 2.35. The zero-order valence-electron chi connectivity index (χ0n) is 4.40. The number of hydrogen-bond donors (Lipinski definition) is 0. The Morgan fingerprint density at radius 3 is 2.29 bits per heavy atom. The van der Waals surface area contributed by atoms with Gasteiger partial charge < -0.3 is 11.6 Å². The lowest BCUT2D eigenvalue weighted by atomic mass is 10.2. The van der Waals surface area contributed by atoms with Gasteiger partial charge in [0.2, 0.25) is 0 Å². The molecular weight excluding hydrogens is 103 g/mol. The van der Waals surface area contributed by atoms with Crippen molar-refractivity contribution >= 4 is 18.7 Å². The van der Waals surface area contributed by atoms with Crippen LogP contribution in [0.5, 0.6) is 0 Å². The van der Waals surface area contributed by atoms with Gasteiger partial charge in [-0.25, -0.2) is 0 Å². The Hall–Kier alpha value is 0.415. The van der Waals surface area contributed by atoms with E-state index in [1.165, 1.54) is 12.2 Å². The molecule has 0 heterocycles. The summed E-state index contributed by atoms with van der Waals surface area (Å²) in [4.78, 5) is 0. The van der Waals surface area contributed by atoms with Crippen LogP contribution in [-0.2, 0) is 0 Å². The minimum Gasteiger partial charge on any atom is -0.387 e. The van der Waals surface area contributed by atoms with Crippen LogP contribution in [0.15, 0.2) is 0 Å². The zero-order valence-corrected chi connectivity index (χ0v) is 5.22. The molecule has 0 aliphatic heterocycles. The van der Waals surface area contributed by atoms with Crippen molar-refractivity contribution in [2.75, 3.05) is 5.75 Å². The average Bonchev–Trinajstić information content (AvgIpc) is 1.61. The van der Waals surface area contributed by atoms with E-state index in [1.54, 1.807) is 0 Å². The molecule has 0 rings (SSSR count). The number of rotatable bonds is 3. The highest BCUT2D eigenvalue weighted by Crippen LogP contribution is 2.03. The van der Waals surface area contributed by atoms with Crippen molar-refractivity contribution in [3.8, 4) is 0 Å². The fraction of sp³-hybridized carbons (Fsp3) is 1.00. The van der Waals surface area contributed by atoms with E-state index in [1.807, 2.05) is 0 Å². The third-order valence-corrected chi connectivity index (χ3v) is 0.931. The van der Waals surface area contributed by atoms with Crippen LogP contribution in [0.1, 0.15) is 20.3 Å². The lowest BCUT2D eigenvalue weighted by molar-refractivity contribution is 0.633. The van der Waals surface area contributed by atoms with Crippen molar-refractivity contribution in [2.24, 2.45) is 5.92 Å². The van der Waals surface area contributed by atoms with Crippen molar-refractivity contribution in [3.05, 3.63) is 0 Å². The molecule has 7 heavy (non-hydrogen) atoms. The highest BCUT2D eigenvalue weighted by molar-refractivity contribution is 8.19. The van der Waals surface area contributed by atoms with E-state index < -0.39 is 0 Å². The van der Waals surface area contributed by atoms with E-state index >= 15 is 0 Å². The summed E-state index contributed by atoms with van der Waals surface area (Å²) in [7, 11) is 0.636. The summed E-state index contributed by atoms with van der Waals surface area (Å²) in [5, 5.41) is 0. The highest BCUT2D eigenvalue weighted by Gasteiger charge is 1.86. The summed E-state index contributed by atoms with van der Waals surface area (Å²) in [5.41, 5.74) is 0. The minimum atomic E-state index is 0.636. The Kier molecular flexibility index (Phi) is 4.84. The van der Waals surface area contributed by atoms with Crippen LogP contribution in [0.3, 0.4) is 0 Å². The molecular formula is C5H14BS-. The molecule has 0 atom stereocenters. The first-order valence-corrected chi connectivity index (χ1v) is 2.93. The lowest BCUT2D eigenvalue weighted by Gasteiger charge is -2.02. The first-order chi connectivity index (χ1) is 3.27. The van der Waals surface area contributed by atoms with E-state index in [9.17, 15) is 0 Å². The van der Waals surface area contributed by atoms with Crippen LogP contribution < -0.4 is 0 Å². The maximum Gasteiger partial charge on any atom is 0.00764 e. The second-order valence-electron chi connectivity index (χ2n) is 1.89. The predicted octanol–water partition coefficient (Wildman–Crippen LogP) is 1.05. The molecule has 0 N–H and O–H groups in total. The fourth-order valence-electron chi connectivity index (χ4n) is 0.236. The fourth-order valence-corrected chi connectivity index (χ4v) is 0.707. The van der Waals surface area contributed by atoms with Gasteiger partial charge in [-0.1, -0.05) is 13.8 Å². The quantitative estimate of drug-likeness (QED) is 0.498. The summed E-state index contributed by atoms with van der Waals surface area (Å²) in [6.07, 6.45) is 1.42. The highest BCUT2D eigenvalue weighted by atomic mass is 32.2. The van der Waals surface area contributed by atoms with Gasteiger partial charge in [0.15, 0.2) is 0 Å². The van der Waals surface area contributed by atoms with Crippen LogP contribution in [-0.4, -0.2) is 12.9 Å². The van der Waals surface area contributed by atoms with E-state index in [0.717, 1.165) is 5.92 Å². The molecule has 0 nitrogen and oxygen atoms in total. The maximum absolute atomic E-state index is 2.29. The SMILES string of the molecule is [BH3-]SCCC(C)C. The third-order valence-electron chi connectivity index (χ3n) is 0.695. The van der Waals surface area contributed by atoms with Gasteiger partial charge in [0.05, 0.1) is 0 Å². The summed E-state index contributed by atoms with van der Waals surface area (Å²) in [6.45, 7) is 4.58. The monoisotopic (exact) mass is 117 g/mol. The van der Waals surface area contributed by atoms with E-state index in [-0.39, 0.29) is 0 Å². The molecule has 0 aromatic carbocycles. The Morgan fingerprint density at radius 1 is 1.57 bits per heavy atom. The molecule has 0 spiro atoms. The number of hydrogen-bond acceptors (Lipinski definition) is 1. The van der Waals surface area contributed by atoms with Crippen molar-refractivity contribution in [1.29, 1.82) is 0 Å². The van der Waals surface area contributed by atoms with Gasteiger partial charge in [0.25, 0.3) is 0 Å². The molecule has 0 aliphatic carbocycles. The van der Waals surface area contributed by atoms with Crippen LogP contribution in [0, 0.1) is 5.92 Å². The van der Waals surface area contributed by atoms with E-state index in [4.69, 9.17) is 0 Å². The molecule has 0 amide bonds.